The fourth-order valence-electron chi connectivity index (χ4n) is 2.88. The Kier molecular flexibility index (Phi) is 5.17. The zero-order valence-corrected chi connectivity index (χ0v) is 14.8. The zero-order valence-electron chi connectivity index (χ0n) is 13.3. The number of para-hydroxylation sites is 1. The van der Waals surface area contributed by atoms with Crippen LogP contribution in [0, 0.1) is 0 Å². The van der Waals surface area contributed by atoms with E-state index in [-0.39, 0.29) is 5.91 Å². The first-order valence-electron chi connectivity index (χ1n) is 7.78. The Morgan fingerprint density at radius 1 is 1.12 bits per heavy atom. The molecule has 0 aliphatic carbocycles. The van der Waals surface area contributed by atoms with Crippen molar-refractivity contribution in [1.82, 2.24) is 0 Å². The molecule has 1 saturated heterocycles. The van der Waals surface area contributed by atoms with Crippen molar-refractivity contribution in [3.63, 3.8) is 0 Å². The molecular weight excluding hydrogens is 347 g/mol. The third kappa shape index (κ3) is 3.45. The highest BCUT2D eigenvalue weighted by molar-refractivity contribution is 6.34. The van der Waals surface area contributed by atoms with Crippen molar-refractivity contribution in [1.29, 1.82) is 0 Å². The van der Waals surface area contributed by atoms with Gasteiger partial charge < -0.3 is 15.0 Å². The van der Waals surface area contributed by atoms with E-state index < -0.39 is 0 Å². The minimum absolute atomic E-state index is 0.234. The zero-order chi connectivity index (χ0) is 17.1. The maximum absolute atomic E-state index is 12.6. The van der Waals surface area contributed by atoms with E-state index in [1.54, 1.807) is 18.2 Å². The minimum atomic E-state index is -0.234. The molecule has 0 radical (unpaired) electrons. The standard InChI is InChI=1S/C18H18Cl2N2O2/c1-24-16-8-7-12(11-14(16)20)18(23)21-15-6-4-5-13(19)17(15)22-9-2-3-10-22/h4-8,11H,2-3,9-10H2,1H3,(H,21,23). The van der Waals surface area contributed by atoms with Crippen LogP contribution < -0.4 is 15.0 Å². The van der Waals surface area contributed by atoms with Crippen molar-refractivity contribution in [3.05, 3.63) is 52.0 Å². The molecule has 0 atom stereocenters. The van der Waals surface area contributed by atoms with Crippen molar-refractivity contribution in [2.24, 2.45) is 0 Å². The molecule has 2 aromatic carbocycles. The van der Waals surface area contributed by atoms with Crippen LogP contribution in [0.15, 0.2) is 36.4 Å². The number of ether oxygens (including phenoxy) is 1. The van der Waals surface area contributed by atoms with Gasteiger partial charge in [-0.3, -0.25) is 4.79 Å². The van der Waals surface area contributed by atoms with Crippen LogP contribution in [-0.2, 0) is 0 Å². The Labute approximate surface area is 151 Å². The lowest BCUT2D eigenvalue weighted by Gasteiger charge is -2.23. The average molecular weight is 365 g/mol. The molecule has 0 saturated carbocycles. The molecule has 6 heteroatoms. The molecule has 0 aromatic heterocycles. The van der Waals surface area contributed by atoms with E-state index in [0.29, 0.717) is 27.0 Å². The molecule has 24 heavy (non-hydrogen) atoms. The van der Waals surface area contributed by atoms with Crippen molar-refractivity contribution in [2.45, 2.75) is 12.8 Å². The Morgan fingerprint density at radius 3 is 2.54 bits per heavy atom. The summed E-state index contributed by atoms with van der Waals surface area (Å²) in [7, 11) is 1.54. The lowest BCUT2D eigenvalue weighted by Crippen LogP contribution is -2.21. The van der Waals surface area contributed by atoms with Gasteiger partial charge in [0, 0.05) is 18.7 Å². The Hall–Kier alpha value is -1.91. The van der Waals surface area contributed by atoms with Crippen LogP contribution in [0.3, 0.4) is 0 Å². The second-order valence-electron chi connectivity index (χ2n) is 5.63. The lowest BCUT2D eigenvalue weighted by molar-refractivity contribution is 0.102. The third-order valence-corrected chi connectivity index (χ3v) is 4.67. The SMILES string of the molecule is COc1ccc(C(=O)Nc2cccc(Cl)c2N2CCCC2)cc1Cl. The van der Waals surface area contributed by atoms with E-state index in [2.05, 4.69) is 10.2 Å². The summed E-state index contributed by atoms with van der Waals surface area (Å²) in [4.78, 5) is 14.8. The van der Waals surface area contributed by atoms with Gasteiger partial charge in [-0.15, -0.1) is 0 Å². The van der Waals surface area contributed by atoms with E-state index in [1.165, 1.54) is 7.11 Å². The number of halogens is 2. The molecule has 4 nitrogen and oxygen atoms in total. The summed E-state index contributed by atoms with van der Waals surface area (Å²) in [5, 5.41) is 3.98. The van der Waals surface area contributed by atoms with Crippen molar-refractivity contribution < 1.29 is 9.53 Å². The molecule has 1 heterocycles. The van der Waals surface area contributed by atoms with E-state index in [0.717, 1.165) is 31.6 Å². The van der Waals surface area contributed by atoms with Gasteiger partial charge in [0.15, 0.2) is 0 Å². The van der Waals surface area contributed by atoms with E-state index in [4.69, 9.17) is 27.9 Å². The number of hydrogen-bond acceptors (Lipinski definition) is 3. The molecule has 1 aliphatic rings. The monoisotopic (exact) mass is 364 g/mol. The number of anilines is 2. The molecule has 3 rings (SSSR count). The van der Waals surface area contributed by atoms with Gasteiger partial charge in [-0.2, -0.15) is 0 Å². The number of amides is 1. The first-order valence-corrected chi connectivity index (χ1v) is 8.54. The number of methoxy groups -OCH3 is 1. The predicted molar refractivity (Wildman–Crippen MR) is 98.9 cm³/mol. The maximum atomic E-state index is 12.6. The van der Waals surface area contributed by atoms with E-state index in [1.807, 2.05) is 18.2 Å². The van der Waals surface area contributed by atoms with Crippen LogP contribution in [0.1, 0.15) is 23.2 Å². The smallest absolute Gasteiger partial charge is 0.255 e. The topological polar surface area (TPSA) is 41.6 Å². The fourth-order valence-corrected chi connectivity index (χ4v) is 3.43. The highest BCUT2D eigenvalue weighted by Gasteiger charge is 2.20. The number of carbonyl (C=O) groups excluding carboxylic acids is 1. The fraction of sp³-hybridized carbons (Fsp3) is 0.278. The number of nitrogens with zero attached hydrogens (tertiary/aromatic N) is 1. The van der Waals surface area contributed by atoms with Crippen LogP contribution >= 0.6 is 23.2 Å². The Balaban J connectivity index is 1.87. The highest BCUT2D eigenvalue weighted by atomic mass is 35.5. The highest BCUT2D eigenvalue weighted by Crippen LogP contribution is 2.36. The first kappa shape index (κ1) is 16.9. The lowest BCUT2D eigenvalue weighted by atomic mass is 10.2. The summed E-state index contributed by atoms with van der Waals surface area (Å²) in [5.41, 5.74) is 2.05. The molecule has 1 aliphatic heterocycles. The van der Waals surface area contributed by atoms with E-state index >= 15 is 0 Å². The van der Waals surface area contributed by atoms with Gasteiger partial charge in [-0.25, -0.2) is 0 Å². The van der Waals surface area contributed by atoms with Crippen LogP contribution in [0.4, 0.5) is 11.4 Å². The van der Waals surface area contributed by atoms with Crippen molar-refractivity contribution in [3.8, 4) is 5.75 Å². The summed E-state index contributed by atoms with van der Waals surface area (Å²) >= 11 is 12.5. The number of carbonyl (C=O) groups is 1. The second kappa shape index (κ2) is 7.32. The second-order valence-corrected chi connectivity index (χ2v) is 6.45. The van der Waals surface area contributed by atoms with Gasteiger partial charge in [0.25, 0.3) is 5.91 Å². The maximum Gasteiger partial charge on any atom is 0.255 e. The van der Waals surface area contributed by atoms with Gasteiger partial charge in [-0.05, 0) is 43.2 Å². The van der Waals surface area contributed by atoms with Gasteiger partial charge in [0.2, 0.25) is 0 Å². The number of benzene rings is 2. The molecule has 2 aromatic rings. The molecule has 0 bridgehead atoms. The molecule has 0 unspecified atom stereocenters. The molecule has 0 spiro atoms. The van der Waals surface area contributed by atoms with E-state index in [9.17, 15) is 4.79 Å². The van der Waals surface area contributed by atoms with Crippen molar-refractivity contribution >= 4 is 40.5 Å². The van der Waals surface area contributed by atoms with Gasteiger partial charge in [-0.1, -0.05) is 29.3 Å². The van der Waals surface area contributed by atoms with Gasteiger partial charge in [0.1, 0.15) is 5.75 Å². The molecule has 126 valence electrons. The summed E-state index contributed by atoms with van der Waals surface area (Å²) in [6.45, 7) is 1.89. The van der Waals surface area contributed by atoms with Crippen LogP contribution in [0.5, 0.6) is 5.75 Å². The largest absolute Gasteiger partial charge is 0.495 e. The quantitative estimate of drug-likeness (QED) is 0.842. The summed E-state index contributed by atoms with van der Waals surface area (Å²) in [6.07, 6.45) is 2.26. The molecule has 1 amide bonds. The average Bonchev–Trinajstić information content (AvgIpc) is 3.09. The van der Waals surface area contributed by atoms with Crippen LogP contribution in [-0.4, -0.2) is 26.1 Å². The molecular formula is C18H18Cl2N2O2. The summed E-state index contributed by atoms with van der Waals surface area (Å²) in [6, 6.07) is 10.5. The van der Waals surface area contributed by atoms with Gasteiger partial charge >= 0.3 is 0 Å². The van der Waals surface area contributed by atoms with Crippen LogP contribution in [0.2, 0.25) is 10.0 Å². The Bertz CT molecular complexity index is 759. The number of rotatable bonds is 4. The molecule has 1 N–H and O–H groups in total. The summed E-state index contributed by atoms with van der Waals surface area (Å²) < 4.78 is 5.11. The minimum Gasteiger partial charge on any atom is -0.495 e. The van der Waals surface area contributed by atoms with Crippen molar-refractivity contribution in [2.75, 3.05) is 30.4 Å². The van der Waals surface area contributed by atoms with Crippen LogP contribution in [0.25, 0.3) is 0 Å². The molecule has 1 fully saturated rings. The first-order chi connectivity index (χ1) is 11.6. The third-order valence-electron chi connectivity index (χ3n) is 4.07. The Morgan fingerprint density at radius 2 is 1.88 bits per heavy atom. The predicted octanol–water partition coefficient (Wildman–Crippen LogP) is 4.85. The number of hydrogen-bond donors (Lipinski definition) is 1. The van der Waals surface area contributed by atoms with Gasteiger partial charge in [0.05, 0.1) is 28.5 Å². The summed E-state index contributed by atoms with van der Waals surface area (Å²) in [5.74, 6) is 0.302. The normalized spacial score (nSPS) is 13.9. The number of nitrogens with one attached hydrogen (secondary N) is 1.